The average molecular weight is 310 g/mol. The van der Waals surface area contributed by atoms with E-state index in [1.54, 1.807) is 6.92 Å². The molecule has 0 aliphatic rings. The quantitative estimate of drug-likeness (QED) is 0.431. The molecule has 0 heterocycles. The van der Waals surface area contributed by atoms with Crippen LogP contribution in [0.4, 0.5) is 5.69 Å². The molecule has 0 N–H and O–H groups in total. The molecular weight excluding hydrogens is 292 g/mol. The molecule has 1 amide bonds. The van der Waals surface area contributed by atoms with Crippen LogP contribution in [0.3, 0.4) is 0 Å². The number of amides is 1. The molecule has 0 bridgehead atoms. The number of hydrogen-bond donors (Lipinski definition) is 0. The third-order valence-electron chi connectivity index (χ3n) is 2.93. The van der Waals surface area contributed by atoms with E-state index < -0.39 is 16.8 Å². The molecule has 1 rings (SSSR count). The fourth-order valence-electron chi connectivity index (χ4n) is 1.78. The topological polar surface area (TPSA) is 99.0 Å². The Morgan fingerprint density at radius 3 is 2.59 bits per heavy atom. The van der Waals surface area contributed by atoms with Gasteiger partial charge in [-0.1, -0.05) is 0 Å². The Morgan fingerprint density at radius 2 is 2.05 bits per heavy atom. The third kappa shape index (κ3) is 4.44. The van der Waals surface area contributed by atoms with E-state index in [2.05, 4.69) is 0 Å². The van der Waals surface area contributed by atoms with Gasteiger partial charge in [0.1, 0.15) is 0 Å². The van der Waals surface area contributed by atoms with Crippen molar-refractivity contribution in [1.82, 2.24) is 4.90 Å². The summed E-state index contributed by atoms with van der Waals surface area (Å²) in [6.45, 7) is 2.14. The average Bonchev–Trinajstić information content (AvgIpc) is 2.51. The molecule has 1 aromatic rings. The summed E-state index contributed by atoms with van der Waals surface area (Å²) in [7, 11) is 2.83. The number of esters is 1. The highest BCUT2D eigenvalue weighted by atomic mass is 16.6. The maximum atomic E-state index is 12.2. The normalized spacial score (nSPS) is 9.95. The van der Waals surface area contributed by atoms with Gasteiger partial charge in [-0.25, -0.2) is 0 Å². The van der Waals surface area contributed by atoms with Crippen LogP contribution in [0.5, 0.6) is 5.75 Å². The molecule has 22 heavy (non-hydrogen) atoms. The van der Waals surface area contributed by atoms with Crippen molar-refractivity contribution in [2.45, 2.75) is 13.3 Å². The van der Waals surface area contributed by atoms with Crippen molar-refractivity contribution in [3.63, 3.8) is 0 Å². The van der Waals surface area contributed by atoms with Gasteiger partial charge in [-0.2, -0.15) is 0 Å². The first kappa shape index (κ1) is 17.4. The number of carbonyl (C=O) groups excluding carboxylic acids is 2. The lowest BCUT2D eigenvalue weighted by atomic mass is 10.1. The van der Waals surface area contributed by atoms with Crippen molar-refractivity contribution < 1.29 is 24.0 Å². The molecule has 0 aliphatic carbocycles. The summed E-state index contributed by atoms with van der Waals surface area (Å²) in [6.07, 6.45) is 0.0638. The zero-order valence-electron chi connectivity index (χ0n) is 12.7. The van der Waals surface area contributed by atoms with Gasteiger partial charge < -0.3 is 14.4 Å². The van der Waals surface area contributed by atoms with Crippen molar-refractivity contribution in [3.05, 3.63) is 33.9 Å². The Labute approximate surface area is 127 Å². The summed E-state index contributed by atoms with van der Waals surface area (Å²) in [6, 6.07) is 3.96. The number of methoxy groups -OCH3 is 1. The van der Waals surface area contributed by atoms with Crippen LogP contribution in [0.2, 0.25) is 0 Å². The standard InChI is InChI=1S/C14H18N2O6/c1-4-22-13(17)7-8-15(2)14(18)10-5-6-12(21-3)11(9-10)16(19)20/h5-6,9H,4,7-8H2,1-3H3. The van der Waals surface area contributed by atoms with E-state index in [4.69, 9.17) is 9.47 Å². The SMILES string of the molecule is CCOC(=O)CCN(C)C(=O)c1ccc(OC)c([N+](=O)[O-])c1. The van der Waals surface area contributed by atoms with Gasteiger partial charge in [0.2, 0.25) is 0 Å². The lowest BCUT2D eigenvalue weighted by Crippen LogP contribution is -2.29. The van der Waals surface area contributed by atoms with Gasteiger partial charge in [-0.3, -0.25) is 19.7 Å². The second-order valence-corrected chi connectivity index (χ2v) is 4.43. The zero-order valence-corrected chi connectivity index (χ0v) is 12.7. The molecule has 120 valence electrons. The van der Waals surface area contributed by atoms with Crippen LogP contribution in [-0.4, -0.2) is 49.0 Å². The van der Waals surface area contributed by atoms with Crippen molar-refractivity contribution >= 4 is 17.6 Å². The van der Waals surface area contributed by atoms with E-state index in [9.17, 15) is 19.7 Å². The van der Waals surface area contributed by atoms with Crippen molar-refractivity contribution in [2.24, 2.45) is 0 Å². The molecular formula is C14H18N2O6. The minimum atomic E-state index is -0.617. The predicted molar refractivity (Wildman–Crippen MR) is 77.9 cm³/mol. The highest BCUT2D eigenvalue weighted by Gasteiger charge is 2.20. The molecule has 0 saturated carbocycles. The summed E-state index contributed by atoms with van der Waals surface area (Å²) < 4.78 is 9.66. The first-order chi connectivity index (χ1) is 10.4. The second kappa shape index (κ2) is 7.96. The molecule has 0 atom stereocenters. The largest absolute Gasteiger partial charge is 0.490 e. The summed E-state index contributed by atoms with van der Waals surface area (Å²) in [5, 5.41) is 11.0. The van der Waals surface area contributed by atoms with Crippen LogP contribution >= 0.6 is 0 Å². The lowest BCUT2D eigenvalue weighted by Gasteiger charge is -2.16. The number of carbonyl (C=O) groups is 2. The Hall–Kier alpha value is -2.64. The summed E-state index contributed by atoms with van der Waals surface area (Å²) in [4.78, 5) is 35.1. The van der Waals surface area contributed by atoms with Crippen LogP contribution < -0.4 is 4.74 Å². The molecule has 0 aliphatic heterocycles. The number of nitro benzene ring substituents is 1. The number of benzene rings is 1. The van der Waals surface area contributed by atoms with Crippen LogP contribution in [-0.2, 0) is 9.53 Å². The minimum absolute atomic E-state index is 0.0638. The molecule has 1 aromatic carbocycles. The van der Waals surface area contributed by atoms with Crippen molar-refractivity contribution in [3.8, 4) is 5.75 Å². The maximum absolute atomic E-state index is 12.2. The summed E-state index contributed by atoms with van der Waals surface area (Å²) in [5.41, 5.74) is -0.133. The smallest absolute Gasteiger partial charge is 0.311 e. The first-order valence-electron chi connectivity index (χ1n) is 6.64. The Bertz CT molecular complexity index is 572. The molecule has 0 saturated heterocycles. The van der Waals surface area contributed by atoms with Crippen LogP contribution in [0, 0.1) is 10.1 Å². The van der Waals surface area contributed by atoms with Crippen LogP contribution in [0.15, 0.2) is 18.2 Å². The number of rotatable bonds is 7. The fraction of sp³-hybridized carbons (Fsp3) is 0.429. The summed E-state index contributed by atoms with van der Waals surface area (Å²) >= 11 is 0. The third-order valence-corrected chi connectivity index (χ3v) is 2.93. The van der Waals surface area contributed by atoms with Gasteiger partial charge in [0.25, 0.3) is 5.91 Å². The van der Waals surface area contributed by atoms with Crippen molar-refractivity contribution in [1.29, 1.82) is 0 Å². The summed E-state index contributed by atoms with van der Waals surface area (Å²) in [5.74, 6) is -0.742. The van der Waals surface area contributed by atoms with Crippen LogP contribution in [0.1, 0.15) is 23.7 Å². The minimum Gasteiger partial charge on any atom is -0.490 e. The van der Waals surface area contributed by atoms with E-state index >= 15 is 0 Å². The van der Waals surface area contributed by atoms with Gasteiger partial charge in [-0.05, 0) is 19.1 Å². The number of hydrogen-bond acceptors (Lipinski definition) is 6. The maximum Gasteiger partial charge on any atom is 0.311 e. The fourth-order valence-corrected chi connectivity index (χ4v) is 1.78. The first-order valence-corrected chi connectivity index (χ1v) is 6.64. The van der Waals surface area contributed by atoms with E-state index in [-0.39, 0.29) is 36.6 Å². The van der Waals surface area contributed by atoms with Gasteiger partial charge in [0.15, 0.2) is 5.75 Å². The van der Waals surface area contributed by atoms with Crippen molar-refractivity contribution in [2.75, 3.05) is 27.3 Å². The lowest BCUT2D eigenvalue weighted by molar-refractivity contribution is -0.385. The highest BCUT2D eigenvalue weighted by molar-refractivity contribution is 5.95. The van der Waals surface area contributed by atoms with Gasteiger partial charge in [0.05, 0.1) is 25.1 Å². The number of ether oxygens (including phenoxy) is 2. The molecule has 0 spiro atoms. The Morgan fingerprint density at radius 1 is 1.36 bits per heavy atom. The van der Waals surface area contributed by atoms with E-state index in [0.29, 0.717) is 0 Å². The number of nitrogens with zero attached hydrogens (tertiary/aromatic N) is 2. The number of nitro groups is 1. The van der Waals surface area contributed by atoms with Gasteiger partial charge in [-0.15, -0.1) is 0 Å². The Balaban J connectivity index is 2.82. The van der Waals surface area contributed by atoms with Crippen LogP contribution in [0.25, 0.3) is 0 Å². The monoisotopic (exact) mass is 310 g/mol. The van der Waals surface area contributed by atoms with Gasteiger partial charge in [0, 0.05) is 25.2 Å². The van der Waals surface area contributed by atoms with E-state index in [0.717, 1.165) is 6.07 Å². The predicted octanol–water partition coefficient (Wildman–Crippen LogP) is 1.63. The second-order valence-electron chi connectivity index (χ2n) is 4.43. The molecule has 0 unspecified atom stereocenters. The molecule has 8 nitrogen and oxygen atoms in total. The molecule has 8 heteroatoms. The van der Waals surface area contributed by atoms with E-state index in [1.807, 2.05) is 0 Å². The molecule has 0 radical (unpaired) electrons. The van der Waals surface area contributed by atoms with Gasteiger partial charge >= 0.3 is 11.7 Å². The van der Waals surface area contributed by atoms with E-state index in [1.165, 1.54) is 31.2 Å². The zero-order chi connectivity index (χ0) is 16.7. The molecule has 0 fully saturated rings. The Kier molecular flexibility index (Phi) is 6.30. The highest BCUT2D eigenvalue weighted by Crippen LogP contribution is 2.27. The molecule has 0 aromatic heterocycles.